The van der Waals surface area contributed by atoms with Crippen molar-refractivity contribution in [2.75, 3.05) is 11.8 Å². The number of carbonyl (C=O) groups excluding carboxylic acids is 2. The van der Waals surface area contributed by atoms with E-state index < -0.39 is 22.0 Å². The van der Waals surface area contributed by atoms with Crippen LogP contribution in [0.3, 0.4) is 0 Å². The number of anilines is 1. The number of para-hydroxylation sites is 1. The van der Waals surface area contributed by atoms with Crippen LogP contribution in [0.1, 0.15) is 15.9 Å². The van der Waals surface area contributed by atoms with E-state index in [0.717, 1.165) is 12.2 Å². The molecule has 0 bridgehead atoms. The van der Waals surface area contributed by atoms with E-state index in [-0.39, 0.29) is 27.5 Å². The van der Waals surface area contributed by atoms with Gasteiger partial charge in [0.05, 0.1) is 24.7 Å². The number of aromatic carboxylic acids is 1. The molecule has 0 radical (unpaired) electrons. The lowest BCUT2D eigenvalue weighted by molar-refractivity contribution is -0.297. The van der Waals surface area contributed by atoms with Crippen molar-refractivity contribution in [2.45, 2.75) is 4.90 Å². The molecular formula is C17H13NO7S-2. The van der Waals surface area contributed by atoms with Gasteiger partial charge < -0.3 is 24.5 Å². The second kappa shape index (κ2) is 7.70. The molecule has 0 amide bonds. The maximum Gasteiger partial charge on any atom is 0.265 e. The molecule has 0 aliphatic heterocycles. The van der Waals surface area contributed by atoms with Crippen molar-refractivity contribution >= 4 is 33.7 Å². The maximum atomic E-state index is 12.7. The SMILES string of the molecule is COc1ccc(/C=C/C(=O)[O-])cc1S(=O)(=O)Nc1ccccc1C(=O)[O-]. The van der Waals surface area contributed by atoms with Gasteiger partial charge in [0.15, 0.2) is 0 Å². The zero-order valence-electron chi connectivity index (χ0n) is 13.5. The molecule has 0 saturated carbocycles. The molecule has 0 saturated heterocycles. The molecule has 136 valence electrons. The number of carboxylic acids is 2. The van der Waals surface area contributed by atoms with Crippen molar-refractivity contribution in [3.05, 3.63) is 59.7 Å². The topological polar surface area (TPSA) is 136 Å². The Morgan fingerprint density at radius 3 is 2.42 bits per heavy atom. The number of carbonyl (C=O) groups is 2. The largest absolute Gasteiger partial charge is 0.545 e. The molecule has 2 rings (SSSR count). The van der Waals surface area contributed by atoms with E-state index in [4.69, 9.17) is 4.74 Å². The summed E-state index contributed by atoms with van der Waals surface area (Å²) in [5.41, 5.74) is -0.239. The number of aliphatic carboxylic acids is 1. The van der Waals surface area contributed by atoms with Crippen LogP contribution in [-0.2, 0) is 14.8 Å². The second-order valence-corrected chi connectivity index (χ2v) is 6.65. The van der Waals surface area contributed by atoms with Crippen LogP contribution in [-0.4, -0.2) is 27.5 Å². The molecule has 8 nitrogen and oxygen atoms in total. The number of sulfonamides is 1. The zero-order valence-corrected chi connectivity index (χ0v) is 14.3. The number of benzene rings is 2. The third-order valence-electron chi connectivity index (χ3n) is 3.28. The molecule has 0 spiro atoms. The molecule has 0 aliphatic rings. The Kier molecular flexibility index (Phi) is 5.63. The van der Waals surface area contributed by atoms with Crippen LogP contribution in [0, 0.1) is 0 Å². The van der Waals surface area contributed by atoms with Crippen LogP contribution >= 0.6 is 0 Å². The van der Waals surface area contributed by atoms with Crippen LogP contribution in [0.25, 0.3) is 6.08 Å². The fraction of sp³-hybridized carbons (Fsp3) is 0.0588. The Labute approximate surface area is 149 Å². The van der Waals surface area contributed by atoms with E-state index >= 15 is 0 Å². The monoisotopic (exact) mass is 375 g/mol. The van der Waals surface area contributed by atoms with Crippen LogP contribution in [0.5, 0.6) is 5.75 Å². The van der Waals surface area contributed by atoms with Crippen molar-refractivity contribution in [2.24, 2.45) is 0 Å². The van der Waals surface area contributed by atoms with Crippen molar-refractivity contribution in [3.63, 3.8) is 0 Å². The van der Waals surface area contributed by atoms with Gasteiger partial charge in [-0.15, -0.1) is 0 Å². The smallest absolute Gasteiger partial charge is 0.265 e. The number of methoxy groups -OCH3 is 1. The summed E-state index contributed by atoms with van der Waals surface area (Å²) < 4.78 is 32.6. The van der Waals surface area contributed by atoms with Crippen molar-refractivity contribution < 1.29 is 33.0 Å². The predicted molar refractivity (Wildman–Crippen MR) is 88.6 cm³/mol. The normalized spacial score (nSPS) is 11.3. The van der Waals surface area contributed by atoms with Crippen molar-refractivity contribution in [1.82, 2.24) is 0 Å². The maximum absolute atomic E-state index is 12.7. The molecular weight excluding hydrogens is 362 g/mol. The Bertz CT molecular complexity index is 980. The van der Waals surface area contributed by atoms with Crippen LogP contribution in [0.2, 0.25) is 0 Å². The third kappa shape index (κ3) is 4.39. The summed E-state index contributed by atoms with van der Waals surface area (Å²) in [5.74, 6) is -2.99. The highest BCUT2D eigenvalue weighted by atomic mass is 32.2. The first-order valence-corrected chi connectivity index (χ1v) is 8.63. The summed E-state index contributed by atoms with van der Waals surface area (Å²) in [5, 5.41) is 21.6. The van der Waals surface area contributed by atoms with Gasteiger partial charge in [0, 0.05) is 5.56 Å². The number of hydrogen-bond acceptors (Lipinski definition) is 7. The van der Waals surface area contributed by atoms with E-state index in [1.807, 2.05) is 0 Å². The number of carboxylic acid groups (broad SMARTS) is 2. The molecule has 0 aliphatic carbocycles. The summed E-state index contributed by atoms with van der Waals surface area (Å²) in [6, 6.07) is 9.33. The minimum atomic E-state index is -4.24. The Morgan fingerprint density at radius 2 is 1.81 bits per heavy atom. The molecule has 26 heavy (non-hydrogen) atoms. The zero-order chi connectivity index (χ0) is 19.3. The minimum absolute atomic E-state index is 0.00553. The van der Waals surface area contributed by atoms with E-state index in [1.165, 1.54) is 49.6 Å². The van der Waals surface area contributed by atoms with Crippen molar-refractivity contribution in [3.8, 4) is 5.75 Å². The first-order chi connectivity index (χ1) is 12.2. The summed E-state index contributed by atoms with van der Waals surface area (Å²) in [6.07, 6.45) is 1.90. The summed E-state index contributed by atoms with van der Waals surface area (Å²) >= 11 is 0. The molecule has 2 aromatic rings. The lowest BCUT2D eigenvalue weighted by atomic mass is 10.2. The summed E-state index contributed by atoms with van der Waals surface area (Å²) in [4.78, 5) is 21.3. The van der Waals surface area contributed by atoms with Gasteiger partial charge in [-0.3, -0.25) is 4.72 Å². The average Bonchev–Trinajstić information content (AvgIpc) is 2.59. The van der Waals surface area contributed by atoms with Gasteiger partial charge >= 0.3 is 0 Å². The number of ether oxygens (including phenoxy) is 1. The quantitative estimate of drug-likeness (QED) is 0.652. The van der Waals surface area contributed by atoms with E-state index in [2.05, 4.69) is 4.72 Å². The molecule has 2 aromatic carbocycles. The fourth-order valence-electron chi connectivity index (χ4n) is 2.12. The van der Waals surface area contributed by atoms with Gasteiger partial charge in [0.25, 0.3) is 10.0 Å². The molecule has 0 unspecified atom stereocenters. The molecule has 0 fully saturated rings. The van der Waals surface area contributed by atoms with Gasteiger partial charge in [0.1, 0.15) is 10.6 Å². The standard InChI is InChI=1S/C17H15NO7S/c1-25-14-8-6-11(7-9-16(19)20)10-15(14)26(23,24)18-13-5-3-2-4-12(13)17(21)22/h2-10,18H,1H3,(H,19,20)(H,21,22)/p-2/b9-7+. The van der Waals surface area contributed by atoms with Crippen molar-refractivity contribution in [1.29, 1.82) is 0 Å². The third-order valence-corrected chi connectivity index (χ3v) is 4.67. The van der Waals surface area contributed by atoms with Gasteiger partial charge in [0.2, 0.25) is 0 Å². The highest BCUT2D eigenvalue weighted by Gasteiger charge is 2.21. The van der Waals surface area contributed by atoms with E-state index in [9.17, 15) is 28.2 Å². The number of nitrogens with one attached hydrogen (secondary N) is 1. The number of hydrogen-bond donors (Lipinski definition) is 1. The lowest BCUT2D eigenvalue weighted by Crippen LogP contribution is -2.25. The highest BCUT2D eigenvalue weighted by molar-refractivity contribution is 7.92. The first kappa shape index (κ1) is 19.0. The summed E-state index contributed by atoms with van der Waals surface area (Å²) in [6.45, 7) is 0. The van der Waals surface area contributed by atoms with Gasteiger partial charge in [-0.05, 0) is 29.8 Å². The average molecular weight is 375 g/mol. The molecule has 1 N–H and O–H groups in total. The van der Waals surface area contributed by atoms with Gasteiger partial charge in [-0.1, -0.05) is 30.3 Å². The summed E-state index contributed by atoms with van der Waals surface area (Å²) in [7, 11) is -2.97. The lowest BCUT2D eigenvalue weighted by Gasteiger charge is -2.15. The molecule has 0 atom stereocenters. The van der Waals surface area contributed by atoms with Crippen LogP contribution in [0.4, 0.5) is 5.69 Å². The number of rotatable bonds is 7. The Hall–Kier alpha value is -3.33. The second-order valence-electron chi connectivity index (χ2n) is 5.00. The molecule has 0 aromatic heterocycles. The predicted octanol–water partition coefficient (Wildman–Crippen LogP) is -0.377. The fourth-order valence-corrected chi connectivity index (χ4v) is 3.41. The van der Waals surface area contributed by atoms with Gasteiger partial charge in [-0.2, -0.15) is 0 Å². The van der Waals surface area contributed by atoms with Gasteiger partial charge in [-0.25, -0.2) is 8.42 Å². The highest BCUT2D eigenvalue weighted by Crippen LogP contribution is 2.28. The Morgan fingerprint density at radius 1 is 1.12 bits per heavy atom. The first-order valence-electron chi connectivity index (χ1n) is 7.15. The molecule has 0 heterocycles. The molecule has 9 heteroatoms. The van der Waals surface area contributed by atoms with Crippen LogP contribution in [0.15, 0.2) is 53.4 Å². The minimum Gasteiger partial charge on any atom is -0.545 e. The van der Waals surface area contributed by atoms with E-state index in [0.29, 0.717) is 0 Å². The van der Waals surface area contributed by atoms with E-state index in [1.54, 1.807) is 0 Å². The van der Waals surface area contributed by atoms with Crippen LogP contribution < -0.4 is 19.7 Å². The Balaban J connectivity index is 2.50.